The van der Waals surface area contributed by atoms with E-state index in [0.717, 1.165) is 66.4 Å². The summed E-state index contributed by atoms with van der Waals surface area (Å²) in [7, 11) is 0. The summed E-state index contributed by atoms with van der Waals surface area (Å²) in [6.45, 7) is 3.72. The monoisotopic (exact) mass is 578 g/mol. The highest BCUT2D eigenvalue weighted by atomic mass is 35.5. The van der Waals surface area contributed by atoms with E-state index < -0.39 is 11.9 Å². The number of aliphatic carboxylic acids is 2. The fourth-order valence-electron chi connectivity index (χ4n) is 4.36. The topological polar surface area (TPSA) is 138 Å². The number of likely N-dealkylation sites (tertiary alicyclic amines) is 1. The van der Waals surface area contributed by atoms with E-state index >= 15 is 0 Å². The van der Waals surface area contributed by atoms with Crippen LogP contribution in [0, 0.1) is 0 Å². The molecule has 0 bridgehead atoms. The SMILES string of the molecule is Clc1ccc(C(OC2CCN(CCNc3nc4ccccc4o3)CC2)c2ccccn2)cc1.O=C(O)C=CC(=O)O. The van der Waals surface area contributed by atoms with Gasteiger partial charge in [0, 0.05) is 49.6 Å². The van der Waals surface area contributed by atoms with Crippen molar-refractivity contribution in [3.63, 3.8) is 0 Å². The molecule has 4 aromatic rings. The molecular weight excluding hydrogens is 548 g/mol. The maximum Gasteiger partial charge on any atom is 0.328 e. The first-order valence-electron chi connectivity index (χ1n) is 13.1. The maximum absolute atomic E-state index is 9.55. The Hall–Kier alpha value is -4.25. The highest BCUT2D eigenvalue weighted by molar-refractivity contribution is 6.30. The number of piperidine rings is 1. The number of carboxylic acid groups (broad SMARTS) is 2. The van der Waals surface area contributed by atoms with Gasteiger partial charge in [-0.05, 0) is 54.8 Å². The minimum atomic E-state index is -1.26. The van der Waals surface area contributed by atoms with Crippen LogP contribution >= 0.6 is 11.6 Å². The van der Waals surface area contributed by atoms with Gasteiger partial charge in [-0.2, -0.15) is 4.98 Å². The van der Waals surface area contributed by atoms with Gasteiger partial charge < -0.3 is 29.6 Å². The molecule has 41 heavy (non-hydrogen) atoms. The molecular formula is C30H31ClN4O6. The van der Waals surface area contributed by atoms with Gasteiger partial charge in [-0.25, -0.2) is 9.59 Å². The molecule has 3 N–H and O–H groups in total. The molecule has 1 aliphatic heterocycles. The number of benzene rings is 2. The standard InChI is InChI=1S/C26H27ClN4O2.C4H4O4/c27-20-10-8-19(9-11-20)25(23-6-3-4-14-28-23)32-21-12-16-31(17-13-21)18-15-29-26-30-22-5-1-2-7-24(22)33-26;5-3(6)1-2-4(7)8/h1-11,14,21,25H,12-13,15-18H2,(H,29,30);1-2H,(H,5,6)(H,7,8). The zero-order chi connectivity index (χ0) is 29.0. The first-order chi connectivity index (χ1) is 19.9. The fourth-order valence-corrected chi connectivity index (χ4v) is 4.49. The highest BCUT2D eigenvalue weighted by Crippen LogP contribution is 2.29. The molecule has 214 valence electrons. The van der Waals surface area contributed by atoms with Crippen LogP contribution in [0.5, 0.6) is 0 Å². The molecule has 2 aromatic carbocycles. The van der Waals surface area contributed by atoms with Crippen molar-refractivity contribution in [2.45, 2.75) is 25.0 Å². The molecule has 0 amide bonds. The summed E-state index contributed by atoms with van der Waals surface area (Å²) in [6.07, 6.45) is 4.90. The number of fused-ring (bicyclic) bond motifs is 1. The second kappa shape index (κ2) is 14.9. The number of anilines is 1. The summed E-state index contributed by atoms with van der Waals surface area (Å²) in [6, 6.07) is 22.2. The normalized spacial score (nSPS) is 14.9. The van der Waals surface area contributed by atoms with Gasteiger partial charge in [-0.15, -0.1) is 0 Å². The molecule has 0 spiro atoms. The van der Waals surface area contributed by atoms with Crippen LogP contribution < -0.4 is 5.32 Å². The van der Waals surface area contributed by atoms with Crippen LogP contribution in [0.4, 0.5) is 6.01 Å². The summed E-state index contributed by atoms with van der Waals surface area (Å²) >= 11 is 6.09. The Morgan fingerprint density at radius 1 is 1.02 bits per heavy atom. The number of oxazole rings is 1. The van der Waals surface area contributed by atoms with Gasteiger partial charge in [0.15, 0.2) is 5.58 Å². The molecule has 1 unspecified atom stereocenters. The number of nitrogens with one attached hydrogen (secondary N) is 1. The van der Waals surface area contributed by atoms with Crippen molar-refractivity contribution >= 4 is 40.7 Å². The zero-order valence-corrected chi connectivity index (χ0v) is 23.0. The van der Waals surface area contributed by atoms with Crippen molar-refractivity contribution in [3.8, 4) is 0 Å². The van der Waals surface area contributed by atoms with E-state index in [4.69, 9.17) is 31.0 Å². The van der Waals surface area contributed by atoms with Crippen LogP contribution in [0.25, 0.3) is 11.1 Å². The first-order valence-corrected chi connectivity index (χ1v) is 13.5. The fraction of sp³-hybridized carbons (Fsp3) is 0.267. The van der Waals surface area contributed by atoms with E-state index in [2.05, 4.69) is 20.2 Å². The molecule has 1 fully saturated rings. The lowest BCUT2D eigenvalue weighted by atomic mass is 10.0. The summed E-state index contributed by atoms with van der Waals surface area (Å²) in [5.41, 5.74) is 3.68. The number of carbonyl (C=O) groups is 2. The number of nitrogens with zero attached hydrogens (tertiary/aromatic N) is 3. The molecule has 10 nitrogen and oxygen atoms in total. The van der Waals surface area contributed by atoms with Crippen molar-refractivity contribution < 1.29 is 29.0 Å². The molecule has 3 heterocycles. The van der Waals surface area contributed by atoms with Gasteiger partial charge in [0.25, 0.3) is 6.01 Å². The zero-order valence-electron chi connectivity index (χ0n) is 22.2. The van der Waals surface area contributed by atoms with Crippen molar-refractivity contribution in [2.24, 2.45) is 0 Å². The number of pyridine rings is 1. The number of halogens is 1. The quantitative estimate of drug-likeness (QED) is 0.213. The van der Waals surface area contributed by atoms with Crippen molar-refractivity contribution in [2.75, 3.05) is 31.5 Å². The van der Waals surface area contributed by atoms with E-state index in [1.807, 2.05) is 72.9 Å². The highest BCUT2D eigenvalue weighted by Gasteiger charge is 2.25. The van der Waals surface area contributed by atoms with Crippen molar-refractivity contribution in [1.29, 1.82) is 0 Å². The van der Waals surface area contributed by atoms with E-state index in [-0.39, 0.29) is 12.2 Å². The summed E-state index contributed by atoms with van der Waals surface area (Å²) in [5.74, 6) is -2.51. The molecule has 0 radical (unpaired) electrons. The van der Waals surface area contributed by atoms with Crippen LogP contribution in [0.3, 0.4) is 0 Å². The smallest absolute Gasteiger partial charge is 0.328 e. The third-order valence-electron chi connectivity index (χ3n) is 6.36. The van der Waals surface area contributed by atoms with Crippen LogP contribution in [0.15, 0.2) is 89.5 Å². The number of hydrogen-bond acceptors (Lipinski definition) is 8. The van der Waals surface area contributed by atoms with Gasteiger partial charge in [-0.1, -0.05) is 41.9 Å². The predicted molar refractivity (Wildman–Crippen MR) is 155 cm³/mol. The van der Waals surface area contributed by atoms with Gasteiger partial charge in [-0.3, -0.25) is 4.98 Å². The van der Waals surface area contributed by atoms with E-state index in [1.165, 1.54) is 0 Å². The van der Waals surface area contributed by atoms with Crippen LogP contribution in [0.1, 0.15) is 30.2 Å². The van der Waals surface area contributed by atoms with Crippen molar-refractivity contribution in [3.05, 3.63) is 101 Å². The molecule has 5 rings (SSSR count). The molecule has 1 atom stereocenters. The van der Waals surface area contributed by atoms with Crippen LogP contribution in [-0.4, -0.2) is 69.3 Å². The number of rotatable bonds is 10. The first kappa shape index (κ1) is 29.7. The molecule has 1 aliphatic rings. The largest absolute Gasteiger partial charge is 0.478 e. The summed E-state index contributed by atoms with van der Waals surface area (Å²) in [4.78, 5) is 30.6. The van der Waals surface area contributed by atoms with Crippen molar-refractivity contribution in [1.82, 2.24) is 14.9 Å². The van der Waals surface area contributed by atoms with Crippen LogP contribution in [-0.2, 0) is 14.3 Å². The molecule has 0 aliphatic carbocycles. The second-order valence-electron chi connectivity index (χ2n) is 9.29. The minimum Gasteiger partial charge on any atom is -0.478 e. The lowest BCUT2D eigenvalue weighted by Crippen LogP contribution is -2.39. The Labute approximate surface area is 242 Å². The minimum absolute atomic E-state index is 0.189. The molecule has 1 saturated heterocycles. The Morgan fingerprint density at radius 2 is 1.71 bits per heavy atom. The van der Waals surface area contributed by atoms with Crippen LogP contribution in [0.2, 0.25) is 5.02 Å². The third kappa shape index (κ3) is 9.42. The Bertz CT molecular complexity index is 1390. The van der Waals surface area contributed by atoms with E-state index in [0.29, 0.717) is 18.2 Å². The predicted octanol–water partition coefficient (Wildman–Crippen LogP) is 5.27. The Balaban J connectivity index is 0.000000426. The van der Waals surface area contributed by atoms with Gasteiger partial charge >= 0.3 is 11.9 Å². The second-order valence-corrected chi connectivity index (χ2v) is 9.72. The van der Waals surface area contributed by atoms with E-state index in [9.17, 15) is 9.59 Å². The lowest BCUT2D eigenvalue weighted by molar-refractivity contribution is -0.134. The third-order valence-corrected chi connectivity index (χ3v) is 6.61. The molecule has 0 saturated carbocycles. The number of aromatic nitrogens is 2. The van der Waals surface area contributed by atoms with E-state index in [1.54, 1.807) is 0 Å². The van der Waals surface area contributed by atoms with Gasteiger partial charge in [0.05, 0.1) is 11.8 Å². The molecule has 11 heteroatoms. The average Bonchev–Trinajstić information content (AvgIpc) is 3.40. The van der Waals surface area contributed by atoms with Gasteiger partial charge in [0.2, 0.25) is 0 Å². The number of hydrogen-bond donors (Lipinski definition) is 3. The summed E-state index contributed by atoms with van der Waals surface area (Å²) in [5, 5.41) is 19.6. The Kier molecular flexibility index (Phi) is 10.8. The number of carboxylic acids is 2. The Morgan fingerprint density at radius 3 is 2.34 bits per heavy atom. The molecule has 2 aromatic heterocycles. The number of ether oxygens (including phenoxy) is 1. The summed E-state index contributed by atoms with van der Waals surface area (Å²) < 4.78 is 12.3. The number of para-hydroxylation sites is 2. The average molecular weight is 579 g/mol. The lowest BCUT2D eigenvalue weighted by Gasteiger charge is -2.34. The van der Waals surface area contributed by atoms with Gasteiger partial charge in [0.1, 0.15) is 11.6 Å². The maximum atomic E-state index is 9.55.